The highest BCUT2D eigenvalue weighted by Crippen LogP contribution is 2.30. The third-order valence-corrected chi connectivity index (χ3v) is 5.33. The minimum absolute atomic E-state index is 0.406. The first-order chi connectivity index (χ1) is 9.24. The number of aryl methyl sites for hydroxylation is 1. The summed E-state index contributed by atoms with van der Waals surface area (Å²) in [5.74, 6) is 0. The summed E-state index contributed by atoms with van der Waals surface area (Å²) in [6, 6.07) is 0. The molecule has 2 N–H and O–H groups in total. The predicted molar refractivity (Wildman–Crippen MR) is 82.9 cm³/mol. The standard InChI is InChI=1S/C15H27N3S/c1-13-12-19-14(18-13)6-10-17-11-9-15(16-2)7-4-3-5-8-15/h12,16-17H,3-11H2,1-2H3. The fourth-order valence-electron chi connectivity index (χ4n) is 3.02. The lowest BCUT2D eigenvalue weighted by Gasteiger charge is -2.37. The molecule has 0 saturated heterocycles. The van der Waals surface area contributed by atoms with Crippen LogP contribution in [0.4, 0.5) is 0 Å². The van der Waals surface area contributed by atoms with Crippen LogP contribution in [0, 0.1) is 6.92 Å². The molecule has 0 amide bonds. The van der Waals surface area contributed by atoms with Gasteiger partial charge in [0.1, 0.15) is 0 Å². The van der Waals surface area contributed by atoms with E-state index in [1.54, 1.807) is 11.3 Å². The second-order valence-electron chi connectivity index (χ2n) is 5.72. The van der Waals surface area contributed by atoms with Gasteiger partial charge in [0.05, 0.1) is 5.01 Å². The summed E-state index contributed by atoms with van der Waals surface area (Å²) in [6.45, 7) is 4.23. The highest BCUT2D eigenvalue weighted by molar-refractivity contribution is 7.09. The maximum atomic E-state index is 4.49. The Bertz CT molecular complexity index is 369. The maximum absolute atomic E-state index is 4.49. The van der Waals surface area contributed by atoms with Crippen LogP contribution in [0.1, 0.15) is 49.2 Å². The molecule has 2 rings (SSSR count). The molecular weight excluding hydrogens is 254 g/mol. The van der Waals surface area contributed by atoms with Gasteiger partial charge in [-0.2, -0.15) is 0 Å². The van der Waals surface area contributed by atoms with Crippen molar-refractivity contribution in [2.45, 2.75) is 57.4 Å². The fourth-order valence-corrected chi connectivity index (χ4v) is 3.79. The number of thiazole rings is 1. The fraction of sp³-hybridized carbons (Fsp3) is 0.800. The third kappa shape index (κ3) is 4.55. The van der Waals surface area contributed by atoms with Crippen LogP contribution in [-0.2, 0) is 6.42 Å². The zero-order valence-corrected chi connectivity index (χ0v) is 13.1. The first-order valence-electron chi connectivity index (χ1n) is 7.55. The van der Waals surface area contributed by atoms with E-state index >= 15 is 0 Å². The lowest BCUT2D eigenvalue weighted by molar-refractivity contribution is 0.228. The van der Waals surface area contributed by atoms with E-state index in [4.69, 9.17) is 0 Å². The molecule has 0 atom stereocenters. The molecule has 4 heteroatoms. The number of aromatic nitrogens is 1. The minimum Gasteiger partial charge on any atom is -0.316 e. The summed E-state index contributed by atoms with van der Waals surface area (Å²) in [5, 5.41) is 10.5. The van der Waals surface area contributed by atoms with Crippen LogP contribution in [0.3, 0.4) is 0 Å². The van der Waals surface area contributed by atoms with Crippen LogP contribution >= 0.6 is 11.3 Å². The number of hydrogen-bond donors (Lipinski definition) is 2. The summed E-state index contributed by atoms with van der Waals surface area (Å²) < 4.78 is 0. The van der Waals surface area contributed by atoms with Gasteiger partial charge in [0, 0.05) is 29.6 Å². The van der Waals surface area contributed by atoms with Crippen molar-refractivity contribution in [3.63, 3.8) is 0 Å². The Morgan fingerprint density at radius 1 is 1.26 bits per heavy atom. The van der Waals surface area contributed by atoms with Gasteiger partial charge in [-0.1, -0.05) is 19.3 Å². The van der Waals surface area contributed by atoms with E-state index in [9.17, 15) is 0 Å². The van der Waals surface area contributed by atoms with E-state index < -0.39 is 0 Å². The lowest BCUT2D eigenvalue weighted by atomic mass is 9.79. The van der Waals surface area contributed by atoms with Crippen molar-refractivity contribution in [3.8, 4) is 0 Å². The Kier molecular flexibility index (Phi) is 5.79. The monoisotopic (exact) mass is 281 g/mol. The Morgan fingerprint density at radius 2 is 2.05 bits per heavy atom. The molecule has 0 aromatic carbocycles. The van der Waals surface area contributed by atoms with Crippen molar-refractivity contribution >= 4 is 11.3 Å². The van der Waals surface area contributed by atoms with Gasteiger partial charge >= 0.3 is 0 Å². The molecule has 1 aromatic rings. The minimum atomic E-state index is 0.406. The van der Waals surface area contributed by atoms with E-state index in [1.165, 1.54) is 43.5 Å². The van der Waals surface area contributed by atoms with Gasteiger partial charge in [-0.25, -0.2) is 4.98 Å². The molecular formula is C15H27N3S. The summed E-state index contributed by atoms with van der Waals surface area (Å²) in [4.78, 5) is 4.49. The molecule has 1 heterocycles. The van der Waals surface area contributed by atoms with Crippen molar-refractivity contribution in [1.82, 2.24) is 15.6 Å². The Balaban J connectivity index is 1.63. The number of nitrogens with zero attached hydrogens (tertiary/aromatic N) is 1. The van der Waals surface area contributed by atoms with Crippen LogP contribution in [0.15, 0.2) is 5.38 Å². The van der Waals surface area contributed by atoms with Gasteiger partial charge in [0.25, 0.3) is 0 Å². The van der Waals surface area contributed by atoms with E-state index in [-0.39, 0.29) is 0 Å². The van der Waals surface area contributed by atoms with E-state index in [0.29, 0.717) is 5.54 Å². The molecule has 1 fully saturated rings. The van der Waals surface area contributed by atoms with Crippen LogP contribution in [0.25, 0.3) is 0 Å². The van der Waals surface area contributed by atoms with Crippen molar-refractivity contribution in [1.29, 1.82) is 0 Å². The van der Waals surface area contributed by atoms with Gasteiger partial charge in [-0.3, -0.25) is 0 Å². The molecule has 1 aromatic heterocycles. The summed E-state index contributed by atoms with van der Waals surface area (Å²) in [5.41, 5.74) is 1.56. The first kappa shape index (κ1) is 14.9. The highest BCUT2D eigenvalue weighted by Gasteiger charge is 2.29. The molecule has 1 aliphatic carbocycles. The van der Waals surface area contributed by atoms with Crippen molar-refractivity contribution in [2.24, 2.45) is 0 Å². The lowest BCUT2D eigenvalue weighted by Crippen LogP contribution is -2.46. The van der Waals surface area contributed by atoms with Gasteiger partial charge in [-0.15, -0.1) is 11.3 Å². The normalized spacial score (nSPS) is 18.6. The number of nitrogens with one attached hydrogen (secondary N) is 2. The van der Waals surface area contributed by atoms with E-state index in [1.807, 2.05) is 0 Å². The van der Waals surface area contributed by atoms with E-state index in [0.717, 1.165) is 25.2 Å². The topological polar surface area (TPSA) is 37.0 Å². The zero-order chi connectivity index (χ0) is 13.6. The van der Waals surface area contributed by atoms with Gasteiger partial charge in [0.2, 0.25) is 0 Å². The molecule has 108 valence electrons. The van der Waals surface area contributed by atoms with Crippen molar-refractivity contribution in [3.05, 3.63) is 16.1 Å². The molecule has 0 spiro atoms. The molecule has 0 unspecified atom stereocenters. The SMILES string of the molecule is CNC1(CCNCCc2nc(C)cs2)CCCCC1. The number of hydrogen-bond acceptors (Lipinski definition) is 4. The van der Waals surface area contributed by atoms with Crippen LogP contribution in [-0.4, -0.2) is 30.7 Å². The highest BCUT2D eigenvalue weighted by atomic mass is 32.1. The Hall–Kier alpha value is -0.450. The average Bonchev–Trinajstić information content (AvgIpc) is 2.85. The smallest absolute Gasteiger partial charge is 0.0940 e. The molecule has 0 radical (unpaired) electrons. The molecule has 1 saturated carbocycles. The zero-order valence-electron chi connectivity index (χ0n) is 12.3. The summed E-state index contributed by atoms with van der Waals surface area (Å²) in [7, 11) is 2.13. The van der Waals surface area contributed by atoms with Crippen LogP contribution < -0.4 is 10.6 Å². The molecule has 19 heavy (non-hydrogen) atoms. The summed E-state index contributed by atoms with van der Waals surface area (Å²) >= 11 is 1.78. The number of rotatable bonds is 7. The molecule has 3 nitrogen and oxygen atoms in total. The van der Waals surface area contributed by atoms with Gasteiger partial charge in [0.15, 0.2) is 0 Å². The molecule has 1 aliphatic rings. The third-order valence-electron chi connectivity index (χ3n) is 4.30. The van der Waals surface area contributed by atoms with Gasteiger partial charge in [-0.05, 0) is 39.8 Å². The Labute approximate surface area is 121 Å². The largest absolute Gasteiger partial charge is 0.316 e. The quantitative estimate of drug-likeness (QED) is 0.755. The van der Waals surface area contributed by atoms with Crippen molar-refractivity contribution < 1.29 is 0 Å². The average molecular weight is 281 g/mol. The molecule has 0 aliphatic heterocycles. The predicted octanol–water partition coefficient (Wildman–Crippen LogP) is 2.90. The van der Waals surface area contributed by atoms with Crippen LogP contribution in [0.2, 0.25) is 0 Å². The second kappa shape index (κ2) is 7.36. The van der Waals surface area contributed by atoms with Crippen molar-refractivity contribution in [2.75, 3.05) is 20.1 Å². The second-order valence-corrected chi connectivity index (χ2v) is 6.67. The maximum Gasteiger partial charge on any atom is 0.0940 e. The Morgan fingerprint density at radius 3 is 2.68 bits per heavy atom. The summed E-state index contributed by atoms with van der Waals surface area (Å²) in [6.07, 6.45) is 9.19. The van der Waals surface area contributed by atoms with E-state index in [2.05, 4.69) is 35.0 Å². The molecule has 0 bridgehead atoms. The van der Waals surface area contributed by atoms with Gasteiger partial charge < -0.3 is 10.6 Å². The van der Waals surface area contributed by atoms with Crippen LogP contribution in [0.5, 0.6) is 0 Å². The first-order valence-corrected chi connectivity index (χ1v) is 8.43.